The Morgan fingerprint density at radius 2 is 2.04 bits per heavy atom. The van der Waals surface area contributed by atoms with Crippen molar-refractivity contribution < 1.29 is 9.90 Å². The van der Waals surface area contributed by atoms with Gasteiger partial charge in [0, 0.05) is 5.02 Å². The van der Waals surface area contributed by atoms with Crippen molar-refractivity contribution >= 4 is 40.6 Å². The van der Waals surface area contributed by atoms with Gasteiger partial charge in [-0.15, -0.1) is 0 Å². The first-order valence-electron chi connectivity index (χ1n) is 7.41. The van der Waals surface area contributed by atoms with Gasteiger partial charge in [0.05, 0.1) is 23.3 Å². The van der Waals surface area contributed by atoms with E-state index in [1.165, 1.54) is 0 Å². The van der Waals surface area contributed by atoms with Crippen molar-refractivity contribution in [3.63, 3.8) is 0 Å². The molecule has 2 atom stereocenters. The number of nitrogens with zero attached hydrogens (tertiary/aromatic N) is 1. The van der Waals surface area contributed by atoms with Gasteiger partial charge < -0.3 is 10.4 Å². The van der Waals surface area contributed by atoms with E-state index in [9.17, 15) is 9.90 Å². The van der Waals surface area contributed by atoms with Gasteiger partial charge in [-0.2, -0.15) is 0 Å². The van der Waals surface area contributed by atoms with Crippen LogP contribution in [0.3, 0.4) is 0 Å². The molecular formula is C17H16ClN3O2S. The molecule has 0 bridgehead atoms. The zero-order valence-corrected chi connectivity index (χ0v) is 14.4. The Bertz CT molecular complexity index is 799. The number of carbonyl (C=O) groups is 1. The summed E-state index contributed by atoms with van der Waals surface area (Å²) in [7, 11) is 0. The van der Waals surface area contributed by atoms with Crippen LogP contribution in [0.15, 0.2) is 48.5 Å². The van der Waals surface area contributed by atoms with Crippen LogP contribution < -0.4 is 10.7 Å². The lowest BCUT2D eigenvalue weighted by atomic mass is 9.99. The molecular weight excluding hydrogens is 346 g/mol. The van der Waals surface area contributed by atoms with Crippen molar-refractivity contribution in [3.8, 4) is 0 Å². The Kier molecular flexibility index (Phi) is 4.59. The Morgan fingerprint density at radius 3 is 2.75 bits per heavy atom. The molecule has 0 aromatic heterocycles. The van der Waals surface area contributed by atoms with E-state index >= 15 is 0 Å². The monoisotopic (exact) mass is 361 g/mol. The highest BCUT2D eigenvalue weighted by Crippen LogP contribution is 2.31. The summed E-state index contributed by atoms with van der Waals surface area (Å²) in [5.74, 6) is -0.951. The lowest BCUT2D eigenvalue weighted by Crippen LogP contribution is -2.35. The van der Waals surface area contributed by atoms with Crippen molar-refractivity contribution in [1.29, 1.82) is 0 Å². The molecule has 1 aliphatic rings. The molecule has 2 aromatic carbocycles. The number of carboxylic acids is 1. The Morgan fingerprint density at radius 1 is 1.29 bits per heavy atom. The lowest BCUT2D eigenvalue weighted by Gasteiger charge is -2.28. The van der Waals surface area contributed by atoms with E-state index in [0.29, 0.717) is 10.1 Å². The average molecular weight is 362 g/mol. The molecule has 124 valence electrons. The molecule has 3 N–H and O–H groups in total. The van der Waals surface area contributed by atoms with Crippen LogP contribution in [0, 0.1) is 0 Å². The number of hydrogen-bond donors (Lipinski definition) is 3. The molecule has 24 heavy (non-hydrogen) atoms. The summed E-state index contributed by atoms with van der Waals surface area (Å²) < 4.78 is 0. The third-order valence-electron chi connectivity index (χ3n) is 3.87. The first kappa shape index (κ1) is 16.5. The molecule has 1 heterocycles. The normalized spacial score (nSPS) is 19.9. The number of rotatable bonds is 4. The van der Waals surface area contributed by atoms with Crippen LogP contribution in [0.5, 0.6) is 0 Å². The highest BCUT2D eigenvalue weighted by molar-refractivity contribution is 7.80. The minimum absolute atomic E-state index is 0.0215. The van der Waals surface area contributed by atoms with Crippen molar-refractivity contribution in [2.75, 3.05) is 5.43 Å². The average Bonchev–Trinajstić information content (AvgIpc) is 2.81. The zero-order chi connectivity index (χ0) is 17.3. The maximum Gasteiger partial charge on any atom is 0.335 e. The van der Waals surface area contributed by atoms with E-state index in [-0.39, 0.29) is 17.6 Å². The zero-order valence-electron chi connectivity index (χ0n) is 12.9. The van der Waals surface area contributed by atoms with E-state index in [0.717, 1.165) is 11.3 Å². The van der Waals surface area contributed by atoms with Gasteiger partial charge in [-0.25, -0.2) is 4.79 Å². The topological polar surface area (TPSA) is 64.6 Å². The number of nitrogens with one attached hydrogen (secondary N) is 2. The molecule has 1 fully saturated rings. The summed E-state index contributed by atoms with van der Waals surface area (Å²) in [5, 5.41) is 15.4. The molecule has 5 nitrogen and oxygen atoms in total. The van der Waals surface area contributed by atoms with Crippen molar-refractivity contribution in [2.45, 2.75) is 19.0 Å². The standard InChI is InChI=1S/C17H16ClN3O2S/c1-10-15(11-4-2-5-12(8-11)16(22)23)21(17(24)19-10)20-14-7-3-6-13(18)9-14/h2-10,15,20H,1H3,(H,19,24)(H,22,23). The van der Waals surface area contributed by atoms with Crippen molar-refractivity contribution in [1.82, 2.24) is 10.3 Å². The Labute approximate surface area is 150 Å². The number of hydrogen-bond acceptors (Lipinski definition) is 3. The first-order chi connectivity index (χ1) is 11.5. The van der Waals surface area contributed by atoms with E-state index in [1.54, 1.807) is 30.3 Å². The molecule has 7 heteroatoms. The van der Waals surface area contributed by atoms with E-state index < -0.39 is 5.97 Å². The molecule has 0 radical (unpaired) electrons. The number of halogens is 1. The molecule has 2 aromatic rings. The van der Waals surface area contributed by atoms with E-state index in [1.807, 2.05) is 30.1 Å². The van der Waals surface area contributed by atoms with E-state index in [2.05, 4.69) is 10.7 Å². The number of aromatic carboxylic acids is 1. The van der Waals surface area contributed by atoms with Gasteiger partial charge in [-0.3, -0.25) is 10.4 Å². The van der Waals surface area contributed by atoms with Crippen LogP contribution in [-0.2, 0) is 0 Å². The highest BCUT2D eigenvalue weighted by atomic mass is 35.5. The van der Waals surface area contributed by atoms with Crippen LogP contribution in [0.2, 0.25) is 5.02 Å². The highest BCUT2D eigenvalue weighted by Gasteiger charge is 2.36. The quantitative estimate of drug-likeness (QED) is 0.722. The van der Waals surface area contributed by atoms with Crippen LogP contribution >= 0.6 is 23.8 Å². The number of benzene rings is 2. The smallest absolute Gasteiger partial charge is 0.335 e. The predicted molar refractivity (Wildman–Crippen MR) is 98.3 cm³/mol. The predicted octanol–water partition coefficient (Wildman–Crippen LogP) is 3.69. The Hall–Kier alpha value is -2.31. The minimum Gasteiger partial charge on any atom is -0.478 e. The maximum absolute atomic E-state index is 11.2. The molecule has 0 saturated carbocycles. The SMILES string of the molecule is CC1NC(=S)N(Nc2cccc(Cl)c2)C1c1cccc(C(=O)O)c1. The number of anilines is 1. The van der Waals surface area contributed by atoms with Gasteiger partial charge in [-0.1, -0.05) is 29.8 Å². The molecule has 0 aliphatic carbocycles. The summed E-state index contributed by atoms with van der Waals surface area (Å²) in [5.41, 5.74) is 5.18. The van der Waals surface area contributed by atoms with Gasteiger partial charge in [0.1, 0.15) is 0 Å². The molecule has 0 spiro atoms. The second kappa shape index (κ2) is 6.67. The van der Waals surface area contributed by atoms with Gasteiger partial charge in [0.2, 0.25) is 0 Å². The van der Waals surface area contributed by atoms with Crippen LogP contribution in [-0.4, -0.2) is 27.2 Å². The fraction of sp³-hybridized carbons (Fsp3) is 0.176. The van der Waals surface area contributed by atoms with E-state index in [4.69, 9.17) is 23.8 Å². The van der Waals surface area contributed by atoms with Crippen molar-refractivity contribution in [3.05, 3.63) is 64.7 Å². The molecule has 2 unspecified atom stereocenters. The number of carboxylic acid groups (broad SMARTS) is 1. The van der Waals surface area contributed by atoms with Gasteiger partial charge >= 0.3 is 5.97 Å². The summed E-state index contributed by atoms with van der Waals surface area (Å²) in [6.07, 6.45) is 0. The molecule has 1 saturated heterocycles. The van der Waals surface area contributed by atoms with Gasteiger partial charge in [-0.05, 0) is 55.0 Å². The largest absolute Gasteiger partial charge is 0.478 e. The maximum atomic E-state index is 11.2. The van der Waals surface area contributed by atoms with Crippen LogP contribution in [0.25, 0.3) is 0 Å². The summed E-state index contributed by atoms with van der Waals surface area (Å²) in [6, 6.07) is 14.1. The molecule has 3 rings (SSSR count). The summed E-state index contributed by atoms with van der Waals surface area (Å²) in [6.45, 7) is 2.00. The second-order valence-corrected chi connectivity index (χ2v) is 6.43. The second-order valence-electron chi connectivity index (χ2n) is 5.61. The third-order valence-corrected chi connectivity index (χ3v) is 4.42. The van der Waals surface area contributed by atoms with Gasteiger partial charge in [0.25, 0.3) is 0 Å². The lowest BCUT2D eigenvalue weighted by molar-refractivity contribution is 0.0696. The summed E-state index contributed by atoms with van der Waals surface area (Å²) in [4.78, 5) is 11.2. The fourth-order valence-electron chi connectivity index (χ4n) is 2.80. The molecule has 0 amide bonds. The minimum atomic E-state index is -0.951. The van der Waals surface area contributed by atoms with Crippen molar-refractivity contribution in [2.24, 2.45) is 0 Å². The van der Waals surface area contributed by atoms with Crippen LogP contribution in [0.1, 0.15) is 28.9 Å². The number of hydrazine groups is 1. The molecule has 1 aliphatic heterocycles. The van der Waals surface area contributed by atoms with Crippen LogP contribution in [0.4, 0.5) is 5.69 Å². The van der Waals surface area contributed by atoms with Gasteiger partial charge in [0.15, 0.2) is 5.11 Å². The number of thiocarbonyl (C=S) groups is 1. The fourth-order valence-corrected chi connectivity index (χ4v) is 3.34. The first-order valence-corrected chi connectivity index (χ1v) is 8.19. The summed E-state index contributed by atoms with van der Waals surface area (Å²) >= 11 is 11.4. The third kappa shape index (κ3) is 3.29. The Balaban J connectivity index is 1.93.